The summed E-state index contributed by atoms with van der Waals surface area (Å²) < 4.78 is 52.4. The van der Waals surface area contributed by atoms with Gasteiger partial charge >= 0.3 is 6.30 Å². The highest BCUT2D eigenvalue weighted by Gasteiger charge is 2.63. The quantitative estimate of drug-likeness (QED) is 0.494. The van der Waals surface area contributed by atoms with Crippen molar-refractivity contribution in [3.05, 3.63) is 65.4 Å². The second kappa shape index (κ2) is 6.87. The van der Waals surface area contributed by atoms with Crippen LogP contribution in [0.1, 0.15) is 30.5 Å². The molecule has 10 heteroatoms. The first-order valence-electron chi connectivity index (χ1n) is 11.0. The van der Waals surface area contributed by atoms with Gasteiger partial charge in [0.25, 0.3) is 5.91 Å². The van der Waals surface area contributed by atoms with Gasteiger partial charge in [-0.05, 0) is 43.2 Å². The van der Waals surface area contributed by atoms with E-state index in [0.29, 0.717) is 33.7 Å². The second-order valence-corrected chi connectivity index (χ2v) is 9.35. The van der Waals surface area contributed by atoms with Crippen molar-refractivity contribution in [2.75, 3.05) is 13.3 Å². The summed E-state index contributed by atoms with van der Waals surface area (Å²) in [5, 5.41) is 0.724. The molecule has 2 atom stereocenters. The van der Waals surface area contributed by atoms with Gasteiger partial charge < -0.3 is 14.4 Å². The number of benzene rings is 2. The molecule has 1 saturated heterocycles. The molecule has 1 fully saturated rings. The molecule has 3 aliphatic rings. The molecule has 0 unspecified atom stereocenters. The molecular weight excluding hydrogens is 463 g/mol. The number of amides is 2. The van der Waals surface area contributed by atoms with E-state index in [2.05, 4.69) is 4.98 Å². The highest BCUT2D eigenvalue weighted by molar-refractivity contribution is 6.00. The number of fused-ring (bicyclic) bond motifs is 5. The van der Waals surface area contributed by atoms with E-state index in [1.807, 2.05) is 18.2 Å². The fourth-order valence-corrected chi connectivity index (χ4v) is 5.80. The molecule has 0 aliphatic carbocycles. The number of halogens is 3. The normalized spacial score (nSPS) is 25.6. The van der Waals surface area contributed by atoms with Crippen LogP contribution in [0.4, 0.5) is 13.2 Å². The third kappa shape index (κ3) is 2.82. The lowest BCUT2D eigenvalue weighted by Crippen LogP contribution is -2.75. The third-order valence-corrected chi connectivity index (χ3v) is 7.36. The van der Waals surface area contributed by atoms with Crippen molar-refractivity contribution in [1.29, 1.82) is 0 Å². The van der Waals surface area contributed by atoms with Crippen LogP contribution in [0.25, 0.3) is 10.9 Å². The Labute approximate surface area is 198 Å². The van der Waals surface area contributed by atoms with Gasteiger partial charge in [-0.1, -0.05) is 24.3 Å². The molecule has 6 rings (SSSR count). The number of carbonyl (C=O) groups is 2. The van der Waals surface area contributed by atoms with Gasteiger partial charge in [0.05, 0.1) is 11.1 Å². The lowest BCUT2D eigenvalue weighted by molar-refractivity contribution is -0.255. The van der Waals surface area contributed by atoms with Gasteiger partial charge in [0, 0.05) is 23.6 Å². The van der Waals surface area contributed by atoms with E-state index in [1.54, 1.807) is 37.4 Å². The summed E-state index contributed by atoms with van der Waals surface area (Å²) in [6.07, 6.45) is -3.41. The SMILES string of the molecule is C[C@@]1(c2ccc3c(c2)OCO3)c2cnc3ccccc3c2C[C@]2(C)C(=O)N(C(F)(F)F)CC(=O)N12. The van der Waals surface area contributed by atoms with Crippen LogP contribution in [0.5, 0.6) is 11.5 Å². The fourth-order valence-electron chi connectivity index (χ4n) is 5.80. The van der Waals surface area contributed by atoms with E-state index in [4.69, 9.17) is 9.47 Å². The van der Waals surface area contributed by atoms with Crippen LogP contribution >= 0.6 is 0 Å². The third-order valence-electron chi connectivity index (χ3n) is 7.36. The first kappa shape index (κ1) is 21.7. The van der Waals surface area contributed by atoms with Crippen molar-refractivity contribution in [3.63, 3.8) is 0 Å². The van der Waals surface area contributed by atoms with Gasteiger partial charge in [-0.25, -0.2) is 4.90 Å². The van der Waals surface area contributed by atoms with Gasteiger partial charge in [-0.2, -0.15) is 0 Å². The second-order valence-electron chi connectivity index (χ2n) is 9.35. The summed E-state index contributed by atoms with van der Waals surface area (Å²) in [6, 6.07) is 12.4. The van der Waals surface area contributed by atoms with Crippen LogP contribution in [0, 0.1) is 0 Å². The molecule has 7 nitrogen and oxygen atoms in total. The molecule has 0 saturated carbocycles. The average molecular weight is 483 g/mol. The lowest BCUT2D eigenvalue weighted by Gasteiger charge is -2.58. The smallest absolute Gasteiger partial charge is 0.454 e. The van der Waals surface area contributed by atoms with E-state index < -0.39 is 35.7 Å². The standard InChI is InChI=1S/C25H20F3N3O4/c1-23-10-16-15-5-3-4-6-18(15)29-11-17(16)24(2,14-7-8-19-20(9-14)35-13-34-19)31(23)21(32)12-30(22(23)33)25(26,27)28/h3-9,11H,10,12-13H2,1-2H3/t23-,24-/m1/s1. The maximum Gasteiger partial charge on any atom is 0.487 e. The molecule has 4 heterocycles. The van der Waals surface area contributed by atoms with E-state index in [9.17, 15) is 22.8 Å². The Morgan fingerprint density at radius 1 is 1.03 bits per heavy atom. The van der Waals surface area contributed by atoms with Gasteiger partial charge in [0.2, 0.25) is 12.7 Å². The molecule has 0 N–H and O–H groups in total. The number of alkyl halides is 3. The van der Waals surface area contributed by atoms with E-state index in [-0.39, 0.29) is 18.1 Å². The zero-order valence-electron chi connectivity index (χ0n) is 18.8. The number of piperazine rings is 1. The minimum Gasteiger partial charge on any atom is -0.454 e. The van der Waals surface area contributed by atoms with Crippen molar-refractivity contribution < 1.29 is 32.2 Å². The molecule has 2 aromatic carbocycles. The van der Waals surface area contributed by atoms with Crippen LogP contribution in [0.2, 0.25) is 0 Å². The maximum atomic E-state index is 13.8. The van der Waals surface area contributed by atoms with Crippen molar-refractivity contribution >= 4 is 22.7 Å². The van der Waals surface area contributed by atoms with Gasteiger partial charge in [-0.15, -0.1) is 13.2 Å². The van der Waals surface area contributed by atoms with Crippen LogP contribution in [-0.4, -0.2) is 51.8 Å². The Morgan fingerprint density at radius 2 is 1.77 bits per heavy atom. The molecule has 3 aliphatic heterocycles. The van der Waals surface area contributed by atoms with Crippen molar-refractivity contribution in [2.24, 2.45) is 0 Å². The highest BCUT2D eigenvalue weighted by atomic mass is 19.4. The van der Waals surface area contributed by atoms with Crippen LogP contribution < -0.4 is 9.47 Å². The number of pyridine rings is 1. The molecular formula is C25H20F3N3O4. The average Bonchev–Trinajstić information content (AvgIpc) is 3.28. The maximum absolute atomic E-state index is 13.8. The monoisotopic (exact) mass is 483 g/mol. The predicted molar refractivity (Wildman–Crippen MR) is 117 cm³/mol. The number of carbonyl (C=O) groups excluding carboxylic acids is 2. The number of hydrogen-bond donors (Lipinski definition) is 0. The summed E-state index contributed by atoms with van der Waals surface area (Å²) >= 11 is 0. The number of aromatic nitrogens is 1. The number of nitrogens with zero attached hydrogens (tertiary/aromatic N) is 3. The Bertz CT molecular complexity index is 1420. The van der Waals surface area contributed by atoms with Crippen LogP contribution in [0.15, 0.2) is 48.7 Å². The fraction of sp³-hybridized carbons (Fsp3) is 0.320. The van der Waals surface area contributed by atoms with Crippen molar-refractivity contribution in [2.45, 2.75) is 37.6 Å². The van der Waals surface area contributed by atoms with Crippen molar-refractivity contribution in [1.82, 2.24) is 14.8 Å². The van der Waals surface area contributed by atoms with Gasteiger partial charge in [0.15, 0.2) is 11.5 Å². The highest BCUT2D eigenvalue weighted by Crippen LogP contribution is 2.52. The Kier molecular flexibility index (Phi) is 4.26. The zero-order valence-corrected chi connectivity index (χ0v) is 18.8. The summed E-state index contributed by atoms with van der Waals surface area (Å²) in [5.74, 6) is -0.984. The molecule has 180 valence electrons. The van der Waals surface area contributed by atoms with Crippen molar-refractivity contribution in [3.8, 4) is 11.5 Å². The largest absolute Gasteiger partial charge is 0.487 e. The molecule has 2 amide bonds. The molecule has 0 bridgehead atoms. The Morgan fingerprint density at radius 3 is 2.54 bits per heavy atom. The van der Waals surface area contributed by atoms with Gasteiger partial charge in [0.1, 0.15) is 12.1 Å². The first-order valence-corrected chi connectivity index (χ1v) is 11.0. The minimum absolute atomic E-state index is 0.0394. The van der Waals surface area contributed by atoms with Gasteiger partial charge in [-0.3, -0.25) is 14.6 Å². The molecule has 3 aromatic rings. The molecule has 35 heavy (non-hydrogen) atoms. The van der Waals surface area contributed by atoms with E-state index in [0.717, 1.165) is 5.39 Å². The number of hydrogen-bond acceptors (Lipinski definition) is 5. The van der Waals surface area contributed by atoms with E-state index >= 15 is 0 Å². The predicted octanol–water partition coefficient (Wildman–Crippen LogP) is 3.73. The number of ether oxygens (including phenoxy) is 2. The summed E-state index contributed by atoms with van der Waals surface area (Å²) in [7, 11) is 0. The molecule has 0 radical (unpaired) electrons. The van der Waals surface area contributed by atoms with Crippen LogP contribution in [-0.2, 0) is 21.5 Å². The summed E-state index contributed by atoms with van der Waals surface area (Å²) in [4.78, 5) is 32.6. The topological polar surface area (TPSA) is 72.0 Å². The van der Waals surface area contributed by atoms with E-state index in [1.165, 1.54) is 11.8 Å². The first-order chi connectivity index (χ1) is 16.5. The summed E-state index contributed by atoms with van der Waals surface area (Å²) in [6.45, 7) is 2.10. The molecule has 1 aromatic heterocycles. The Hall–Kier alpha value is -3.82. The number of rotatable bonds is 1. The molecule has 0 spiro atoms. The zero-order chi connectivity index (χ0) is 24.8. The summed E-state index contributed by atoms with van der Waals surface area (Å²) in [5.41, 5.74) is -0.530. The Balaban J connectivity index is 1.66. The van der Waals surface area contributed by atoms with Crippen LogP contribution in [0.3, 0.4) is 0 Å². The number of para-hydroxylation sites is 1. The minimum atomic E-state index is -4.97. The lowest BCUT2D eigenvalue weighted by atomic mass is 9.69.